The number of aryl methyl sites for hydroxylation is 1. The van der Waals surface area contributed by atoms with Gasteiger partial charge in [0.1, 0.15) is 0 Å². The van der Waals surface area contributed by atoms with Crippen molar-refractivity contribution >= 4 is 26.8 Å². The Labute approximate surface area is 142 Å². The van der Waals surface area contributed by atoms with E-state index in [4.69, 9.17) is 0 Å². The number of carbonyl (C=O) groups is 1. The smallest absolute Gasteiger partial charge is 0.227 e. The maximum Gasteiger partial charge on any atom is 0.227 e. The zero-order valence-corrected chi connectivity index (χ0v) is 14.8. The van der Waals surface area contributed by atoms with Gasteiger partial charge in [-0.2, -0.15) is 0 Å². The first-order valence-corrected chi connectivity index (χ1v) is 9.70. The number of hydrogen-bond acceptors (Lipinski definition) is 3. The molecule has 130 valence electrons. The van der Waals surface area contributed by atoms with Gasteiger partial charge in [0.15, 0.2) is 0 Å². The Morgan fingerprint density at radius 3 is 2.58 bits per heavy atom. The number of piperidine rings is 1. The summed E-state index contributed by atoms with van der Waals surface area (Å²) in [5, 5.41) is 0.699. The van der Waals surface area contributed by atoms with E-state index < -0.39 is 15.3 Å². The number of benzene rings is 1. The Hall–Kier alpha value is -1.86. The van der Waals surface area contributed by atoms with Gasteiger partial charge in [-0.3, -0.25) is 4.79 Å². The molecule has 7 heteroatoms. The summed E-state index contributed by atoms with van der Waals surface area (Å²) in [6.45, 7) is 0.990. The van der Waals surface area contributed by atoms with E-state index in [0.717, 1.165) is 16.5 Å². The summed E-state index contributed by atoms with van der Waals surface area (Å²) in [5.41, 5.74) is 2.13. The summed E-state index contributed by atoms with van der Waals surface area (Å²) in [4.78, 5) is 14.4. The van der Waals surface area contributed by atoms with Crippen molar-refractivity contribution in [2.75, 3.05) is 20.1 Å². The largest absolute Gasteiger partial charge is 0.350 e. The van der Waals surface area contributed by atoms with Crippen molar-refractivity contribution in [3.05, 3.63) is 36.0 Å². The van der Waals surface area contributed by atoms with E-state index in [1.165, 1.54) is 7.05 Å². The highest BCUT2D eigenvalue weighted by molar-refractivity contribution is 7.90. The number of carbonyl (C=O) groups excluding carboxylic acids is 1. The van der Waals surface area contributed by atoms with Crippen molar-refractivity contribution in [1.29, 1.82) is 0 Å². The van der Waals surface area contributed by atoms with Crippen LogP contribution in [-0.2, 0) is 28.3 Å². The third-order valence-electron chi connectivity index (χ3n) is 4.84. The normalized spacial score (nSPS) is 16.7. The Morgan fingerprint density at radius 2 is 1.92 bits per heavy atom. The van der Waals surface area contributed by atoms with Crippen LogP contribution in [0.2, 0.25) is 0 Å². The van der Waals surface area contributed by atoms with Crippen molar-refractivity contribution in [2.45, 2.75) is 24.5 Å². The maximum absolute atomic E-state index is 12.6. The molecule has 24 heavy (non-hydrogen) atoms. The molecule has 1 N–H and O–H groups in total. The van der Waals surface area contributed by atoms with Crippen LogP contribution in [0.4, 0.5) is 0 Å². The average Bonchev–Trinajstić information content (AvgIpc) is 2.91. The van der Waals surface area contributed by atoms with Crippen molar-refractivity contribution in [3.8, 4) is 0 Å². The monoisotopic (exact) mass is 349 g/mol. The molecule has 0 bridgehead atoms. The summed E-state index contributed by atoms with van der Waals surface area (Å²) in [6, 6.07) is 8.03. The van der Waals surface area contributed by atoms with E-state index in [1.54, 1.807) is 4.90 Å². The molecule has 2 heterocycles. The second-order valence-electron chi connectivity index (χ2n) is 6.29. The van der Waals surface area contributed by atoms with Crippen LogP contribution in [0.3, 0.4) is 0 Å². The minimum Gasteiger partial charge on any atom is -0.350 e. The molecule has 0 atom stereocenters. The van der Waals surface area contributed by atoms with Crippen LogP contribution in [-0.4, -0.2) is 49.2 Å². The molecular formula is C17H23N3O3S. The van der Waals surface area contributed by atoms with Gasteiger partial charge in [-0.15, -0.1) is 0 Å². The molecule has 1 amide bonds. The highest BCUT2D eigenvalue weighted by Gasteiger charge is 2.30. The second-order valence-corrected chi connectivity index (χ2v) is 8.45. The van der Waals surface area contributed by atoms with E-state index in [2.05, 4.69) is 4.72 Å². The van der Waals surface area contributed by atoms with Crippen molar-refractivity contribution in [3.63, 3.8) is 0 Å². The molecule has 0 spiro atoms. The van der Waals surface area contributed by atoms with Crippen molar-refractivity contribution in [1.82, 2.24) is 14.2 Å². The predicted octanol–water partition coefficient (Wildman–Crippen LogP) is 1.26. The Morgan fingerprint density at radius 1 is 1.25 bits per heavy atom. The van der Waals surface area contributed by atoms with E-state index in [-0.39, 0.29) is 5.91 Å². The second kappa shape index (κ2) is 6.57. The summed E-state index contributed by atoms with van der Waals surface area (Å²) in [6.07, 6.45) is 3.33. The topological polar surface area (TPSA) is 71.4 Å². The van der Waals surface area contributed by atoms with Crippen LogP contribution in [0.1, 0.15) is 18.4 Å². The van der Waals surface area contributed by atoms with Gasteiger partial charge < -0.3 is 9.47 Å². The third-order valence-corrected chi connectivity index (χ3v) is 6.76. The predicted molar refractivity (Wildman–Crippen MR) is 94.2 cm³/mol. The third kappa shape index (κ3) is 3.18. The summed E-state index contributed by atoms with van der Waals surface area (Å²) in [7, 11) is 0.168. The molecule has 0 aliphatic carbocycles. The first-order valence-electron chi connectivity index (χ1n) is 8.15. The zero-order chi connectivity index (χ0) is 17.3. The SMILES string of the molecule is CNS(=O)(=O)C1CCN(C(=O)Cc2cn(C)c3ccccc23)CC1. The van der Waals surface area contributed by atoms with Crippen molar-refractivity contribution < 1.29 is 13.2 Å². The number of hydrogen-bond donors (Lipinski definition) is 1. The zero-order valence-electron chi connectivity index (χ0n) is 14.0. The molecule has 0 radical (unpaired) electrons. The molecule has 1 aliphatic heterocycles. The maximum atomic E-state index is 12.6. The van der Waals surface area contributed by atoms with Crippen LogP contribution in [0.5, 0.6) is 0 Å². The highest BCUT2D eigenvalue weighted by atomic mass is 32.2. The molecule has 3 rings (SSSR count). The van der Waals surface area contributed by atoms with Gasteiger partial charge in [0.25, 0.3) is 0 Å². The standard InChI is InChI=1S/C17H23N3O3S/c1-18-24(22,23)14-7-9-20(10-8-14)17(21)11-13-12-19(2)16-6-4-3-5-15(13)16/h3-6,12,14,18H,7-11H2,1-2H3. The number of para-hydroxylation sites is 1. The van der Waals surface area contributed by atoms with Crippen molar-refractivity contribution in [2.24, 2.45) is 7.05 Å². The first kappa shape index (κ1) is 17.0. The number of fused-ring (bicyclic) bond motifs is 1. The van der Waals surface area contributed by atoms with Gasteiger partial charge in [0, 0.05) is 37.2 Å². The van der Waals surface area contributed by atoms with Crippen LogP contribution in [0.15, 0.2) is 30.5 Å². The molecular weight excluding hydrogens is 326 g/mol. The molecule has 1 saturated heterocycles. The molecule has 0 saturated carbocycles. The minimum absolute atomic E-state index is 0.0617. The van der Waals surface area contributed by atoms with E-state index in [1.807, 2.05) is 42.1 Å². The Bertz CT molecular complexity index is 849. The fourth-order valence-corrected chi connectivity index (χ4v) is 4.59. The fraction of sp³-hybridized carbons (Fsp3) is 0.471. The lowest BCUT2D eigenvalue weighted by Crippen LogP contribution is -2.45. The molecule has 2 aromatic rings. The van der Waals surface area contributed by atoms with Gasteiger partial charge in [-0.25, -0.2) is 13.1 Å². The quantitative estimate of drug-likeness (QED) is 0.903. The van der Waals surface area contributed by atoms with E-state index in [9.17, 15) is 13.2 Å². The lowest BCUT2D eigenvalue weighted by molar-refractivity contribution is -0.131. The number of aromatic nitrogens is 1. The summed E-state index contributed by atoms with van der Waals surface area (Å²) in [5.74, 6) is 0.0617. The number of rotatable bonds is 4. The molecule has 0 unspecified atom stereocenters. The molecule has 1 aromatic carbocycles. The lowest BCUT2D eigenvalue weighted by atomic mass is 10.1. The highest BCUT2D eigenvalue weighted by Crippen LogP contribution is 2.23. The number of nitrogens with one attached hydrogen (secondary N) is 1. The molecule has 1 fully saturated rings. The van der Waals surface area contributed by atoms with Gasteiger partial charge >= 0.3 is 0 Å². The summed E-state index contributed by atoms with van der Waals surface area (Å²) >= 11 is 0. The van der Waals surface area contributed by atoms with E-state index in [0.29, 0.717) is 32.4 Å². The van der Waals surface area contributed by atoms with Gasteiger partial charge in [-0.1, -0.05) is 18.2 Å². The number of nitrogens with zero attached hydrogens (tertiary/aromatic N) is 2. The number of sulfonamides is 1. The Kier molecular flexibility index (Phi) is 4.64. The van der Waals surface area contributed by atoms with Crippen LogP contribution < -0.4 is 4.72 Å². The molecule has 1 aliphatic rings. The van der Waals surface area contributed by atoms with Crippen LogP contribution >= 0.6 is 0 Å². The number of likely N-dealkylation sites (tertiary alicyclic amines) is 1. The van der Waals surface area contributed by atoms with Gasteiger partial charge in [0.2, 0.25) is 15.9 Å². The molecule has 6 nitrogen and oxygen atoms in total. The minimum atomic E-state index is -3.25. The molecule has 1 aromatic heterocycles. The lowest BCUT2D eigenvalue weighted by Gasteiger charge is -2.31. The average molecular weight is 349 g/mol. The van der Waals surface area contributed by atoms with Crippen LogP contribution in [0, 0.1) is 0 Å². The van der Waals surface area contributed by atoms with Gasteiger partial charge in [0.05, 0.1) is 11.7 Å². The van der Waals surface area contributed by atoms with E-state index >= 15 is 0 Å². The number of amides is 1. The van der Waals surface area contributed by atoms with Crippen LogP contribution in [0.25, 0.3) is 10.9 Å². The fourth-order valence-electron chi connectivity index (χ4n) is 3.42. The first-order chi connectivity index (χ1) is 11.4. The van der Waals surface area contributed by atoms with Gasteiger partial charge in [-0.05, 0) is 31.5 Å². The summed E-state index contributed by atoms with van der Waals surface area (Å²) < 4.78 is 28.1. The Balaban J connectivity index is 1.68.